The Hall–Kier alpha value is -3.04. The second-order valence-electron chi connectivity index (χ2n) is 9.03. The molecule has 3 aromatic carbocycles. The van der Waals surface area contributed by atoms with Gasteiger partial charge in [0.15, 0.2) is 0 Å². The molecule has 1 atom stereocenters. The maximum atomic E-state index is 13.7. The standard InChI is InChI=1S/C28H28ClN3O4S/c29-22-9-6-20(7-10-22)19-32-24-18-21(27(33)30-12-3-13-31-14-16-36-17-15-31)8-11-26(24)37(35)25-5-2-1-4-23(25)28(32)34/h1-2,4-11,18H,3,12-17,19H2,(H,30,33)/t37-/m1/s1. The SMILES string of the molecule is O=C(NCCCN1CCOCC1)c1ccc2c(c1)N(Cc1ccc(Cl)cc1)C(=O)c1ccccc1[S@]2=O. The zero-order valence-electron chi connectivity index (χ0n) is 20.3. The maximum absolute atomic E-state index is 13.7. The van der Waals surface area contributed by atoms with E-state index in [0.29, 0.717) is 38.2 Å². The largest absolute Gasteiger partial charge is 0.379 e. The summed E-state index contributed by atoms with van der Waals surface area (Å²) in [6.45, 7) is 5.01. The average Bonchev–Trinajstić information content (AvgIpc) is 3.02. The number of benzene rings is 3. The van der Waals surface area contributed by atoms with Gasteiger partial charge < -0.3 is 15.0 Å². The number of halogens is 1. The van der Waals surface area contributed by atoms with Crippen LogP contribution >= 0.6 is 11.6 Å². The summed E-state index contributed by atoms with van der Waals surface area (Å²) in [5.41, 5.74) is 2.14. The fraction of sp³-hybridized carbons (Fsp3) is 0.286. The number of anilines is 1. The first-order valence-electron chi connectivity index (χ1n) is 12.3. The summed E-state index contributed by atoms with van der Waals surface area (Å²) in [6, 6.07) is 19.2. The van der Waals surface area contributed by atoms with Gasteiger partial charge in [-0.15, -0.1) is 0 Å². The summed E-state index contributed by atoms with van der Waals surface area (Å²) in [6.07, 6.45) is 0.831. The Morgan fingerprint density at radius 1 is 1.00 bits per heavy atom. The van der Waals surface area contributed by atoms with Crippen molar-refractivity contribution in [1.29, 1.82) is 0 Å². The number of nitrogens with one attached hydrogen (secondary N) is 1. The molecule has 2 aliphatic heterocycles. The molecule has 2 aliphatic rings. The molecule has 7 nitrogen and oxygen atoms in total. The van der Waals surface area contributed by atoms with Crippen LogP contribution in [0.25, 0.3) is 0 Å². The van der Waals surface area contributed by atoms with E-state index in [4.69, 9.17) is 16.3 Å². The van der Waals surface area contributed by atoms with Crippen LogP contribution in [0.15, 0.2) is 76.5 Å². The number of carbonyl (C=O) groups excluding carboxylic acids is 2. The summed E-state index contributed by atoms with van der Waals surface area (Å²) in [5, 5.41) is 3.58. The second-order valence-corrected chi connectivity index (χ2v) is 10.9. The fourth-order valence-corrected chi connectivity index (χ4v) is 6.04. The van der Waals surface area contributed by atoms with E-state index in [-0.39, 0.29) is 18.4 Å². The van der Waals surface area contributed by atoms with E-state index in [1.54, 1.807) is 59.5 Å². The van der Waals surface area contributed by atoms with Gasteiger partial charge in [-0.1, -0.05) is 35.9 Å². The minimum Gasteiger partial charge on any atom is -0.379 e. The number of carbonyl (C=O) groups is 2. The van der Waals surface area contributed by atoms with Gasteiger partial charge in [-0.3, -0.25) is 14.5 Å². The highest BCUT2D eigenvalue weighted by Gasteiger charge is 2.31. The number of hydrogen-bond acceptors (Lipinski definition) is 5. The molecule has 0 saturated carbocycles. The van der Waals surface area contributed by atoms with Crippen LogP contribution in [0.2, 0.25) is 5.02 Å². The van der Waals surface area contributed by atoms with E-state index >= 15 is 0 Å². The molecule has 192 valence electrons. The minimum absolute atomic E-state index is 0.226. The molecule has 0 aliphatic carbocycles. The Morgan fingerprint density at radius 3 is 2.54 bits per heavy atom. The van der Waals surface area contributed by atoms with E-state index in [1.807, 2.05) is 12.1 Å². The lowest BCUT2D eigenvalue weighted by Gasteiger charge is -2.26. The molecule has 3 aromatic rings. The van der Waals surface area contributed by atoms with Crippen molar-refractivity contribution in [2.24, 2.45) is 0 Å². The third kappa shape index (κ3) is 5.78. The van der Waals surface area contributed by atoms with E-state index < -0.39 is 10.8 Å². The normalized spacial score (nSPS) is 17.6. The molecule has 9 heteroatoms. The summed E-state index contributed by atoms with van der Waals surface area (Å²) in [5.74, 6) is -0.489. The zero-order chi connectivity index (χ0) is 25.8. The number of ether oxygens (including phenoxy) is 1. The molecular formula is C28H28ClN3O4S. The Labute approximate surface area is 223 Å². The lowest BCUT2D eigenvalue weighted by Crippen LogP contribution is -2.38. The Balaban J connectivity index is 1.40. The molecule has 0 radical (unpaired) electrons. The highest BCUT2D eigenvalue weighted by atomic mass is 35.5. The number of hydrogen-bond donors (Lipinski definition) is 1. The quantitative estimate of drug-likeness (QED) is 0.459. The van der Waals surface area contributed by atoms with Gasteiger partial charge in [-0.2, -0.15) is 0 Å². The van der Waals surface area contributed by atoms with Crippen molar-refractivity contribution in [2.45, 2.75) is 22.8 Å². The van der Waals surface area contributed by atoms with Gasteiger partial charge in [0.1, 0.15) is 0 Å². The van der Waals surface area contributed by atoms with Crippen molar-refractivity contribution in [3.05, 3.63) is 88.4 Å². The van der Waals surface area contributed by atoms with E-state index in [2.05, 4.69) is 10.2 Å². The number of rotatable bonds is 7. The summed E-state index contributed by atoms with van der Waals surface area (Å²) in [7, 11) is -1.57. The van der Waals surface area contributed by atoms with Crippen molar-refractivity contribution < 1.29 is 18.5 Å². The average molecular weight is 538 g/mol. The van der Waals surface area contributed by atoms with Crippen LogP contribution in [-0.4, -0.2) is 60.3 Å². The molecular weight excluding hydrogens is 510 g/mol. The summed E-state index contributed by atoms with van der Waals surface area (Å²) < 4.78 is 18.9. The molecule has 0 spiro atoms. The molecule has 0 aromatic heterocycles. The number of nitrogens with zero attached hydrogens (tertiary/aromatic N) is 2. The van der Waals surface area contributed by atoms with Gasteiger partial charge in [-0.05, 0) is 61.0 Å². The fourth-order valence-electron chi connectivity index (χ4n) is 4.57. The molecule has 1 fully saturated rings. The lowest BCUT2D eigenvalue weighted by molar-refractivity contribution is 0.0374. The highest BCUT2D eigenvalue weighted by molar-refractivity contribution is 7.85. The van der Waals surface area contributed by atoms with Crippen LogP contribution in [0, 0.1) is 0 Å². The smallest absolute Gasteiger partial charge is 0.259 e. The molecule has 0 bridgehead atoms. The van der Waals surface area contributed by atoms with Gasteiger partial charge in [0.25, 0.3) is 11.8 Å². The van der Waals surface area contributed by atoms with Crippen LogP contribution in [0.3, 0.4) is 0 Å². The van der Waals surface area contributed by atoms with Gasteiger partial charge >= 0.3 is 0 Å². The molecule has 1 N–H and O–H groups in total. The summed E-state index contributed by atoms with van der Waals surface area (Å²) >= 11 is 6.05. The highest BCUT2D eigenvalue weighted by Crippen LogP contribution is 2.36. The van der Waals surface area contributed by atoms with Crippen LogP contribution in [0.1, 0.15) is 32.7 Å². The number of fused-ring (bicyclic) bond motifs is 2. The zero-order valence-corrected chi connectivity index (χ0v) is 21.9. The first-order valence-corrected chi connectivity index (χ1v) is 13.8. The number of morpholine rings is 1. The molecule has 2 amide bonds. The predicted octanol–water partition coefficient (Wildman–Crippen LogP) is 4.12. The Kier molecular flexibility index (Phi) is 8.00. The monoisotopic (exact) mass is 537 g/mol. The van der Waals surface area contributed by atoms with Crippen LogP contribution in [-0.2, 0) is 22.1 Å². The van der Waals surface area contributed by atoms with Crippen molar-refractivity contribution in [3.63, 3.8) is 0 Å². The van der Waals surface area contributed by atoms with Crippen molar-refractivity contribution in [3.8, 4) is 0 Å². The Bertz CT molecular complexity index is 1330. The summed E-state index contributed by atoms with van der Waals surface area (Å²) in [4.78, 5) is 31.6. The topological polar surface area (TPSA) is 79.0 Å². The molecule has 2 heterocycles. The maximum Gasteiger partial charge on any atom is 0.259 e. The van der Waals surface area contributed by atoms with Crippen molar-refractivity contribution in [2.75, 3.05) is 44.3 Å². The predicted molar refractivity (Wildman–Crippen MR) is 144 cm³/mol. The molecule has 5 rings (SSSR count). The van der Waals surface area contributed by atoms with Crippen LogP contribution in [0.5, 0.6) is 0 Å². The Morgan fingerprint density at radius 2 is 1.76 bits per heavy atom. The van der Waals surface area contributed by atoms with Crippen LogP contribution < -0.4 is 10.2 Å². The van der Waals surface area contributed by atoms with Crippen LogP contribution in [0.4, 0.5) is 5.69 Å². The first kappa shape index (κ1) is 25.6. The second kappa shape index (κ2) is 11.6. The van der Waals surface area contributed by atoms with Gasteiger partial charge in [0.05, 0.1) is 51.6 Å². The van der Waals surface area contributed by atoms with Gasteiger partial charge in [0, 0.05) is 30.2 Å². The first-order chi connectivity index (χ1) is 18.0. The molecule has 1 saturated heterocycles. The molecule has 0 unspecified atom stereocenters. The van der Waals surface area contributed by atoms with Gasteiger partial charge in [0.2, 0.25) is 0 Å². The van der Waals surface area contributed by atoms with Gasteiger partial charge in [-0.25, -0.2) is 4.21 Å². The third-order valence-electron chi connectivity index (χ3n) is 6.57. The van der Waals surface area contributed by atoms with E-state index in [9.17, 15) is 13.8 Å². The minimum atomic E-state index is -1.57. The van der Waals surface area contributed by atoms with Crippen molar-refractivity contribution >= 4 is 39.9 Å². The number of amides is 2. The van der Waals surface area contributed by atoms with E-state index in [0.717, 1.165) is 44.8 Å². The third-order valence-corrected chi connectivity index (χ3v) is 8.32. The van der Waals surface area contributed by atoms with E-state index in [1.165, 1.54) is 0 Å². The lowest BCUT2D eigenvalue weighted by atomic mass is 10.1. The van der Waals surface area contributed by atoms with Crippen molar-refractivity contribution in [1.82, 2.24) is 10.2 Å². The molecule has 37 heavy (non-hydrogen) atoms.